The first-order valence-electron chi connectivity index (χ1n) is 8.01. The normalized spacial score (nSPS) is 11.0. The van der Waals surface area contributed by atoms with Crippen LogP contribution in [0.25, 0.3) is 0 Å². The van der Waals surface area contributed by atoms with Gasteiger partial charge in [0.05, 0.1) is 6.54 Å². The molecule has 0 aliphatic rings. The number of carbonyl (C=O) groups is 2. The van der Waals surface area contributed by atoms with Crippen molar-refractivity contribution in [3.8, 4) is 0 Å². The van der Waals surface area contributed by atoms with Crippen molar-refractivity contribution < 1.29 is 9.59 Å². The Labute approximate surface area is 143 Å². The van der Waals surface area contributed by atoms with Gasteiger partial charge in [0.25, 0.3) is 5.91 Å². The minimum atomic E-state index is -0.255. The maximum atomic E-state index is 12.1. The van der Waals surface area contributed by atoms with Crippen molar-refractivity contribution in [2.75, 3.05) is 11.9 Å². The summed E-state index contributed by atoms with van der Waals surface area (Å²) in [5, 5.41) is 5.39. The van der Waals surface area contributed by atoms with Gasteiger partial charge in [-0.1, -0.05) is 50.6 Å². The number of aryl methyl sites for hydroxylation is 1. The van der Waals surface area contributed by atoms with Gasteiger partial charge in [-0.15, -0.1) is 0 Å². The van der Waals surface area contributed by atoms with Crippen LogP contribution in [0.15, 0.2) is 48.5 Å². The Morgan fingerprint density at radius 1 is 0.917 bits per heavy atom. The number of rotatable bonds is 4. The fourth-order valence-corrected chi connectivity index (χ4v) is 2.23. The van der Waals surface area contributed by atoms with Gasteiger partial charge in [0.15, 0.2) is 0 Å². The molecule has 0 bridgehead atoms. The highest BCUT2D eigenvalue weighted by Gasteiger charge is 2.14. The summed E-state index contributed by atoms with van der Waals surface area (Å²) in [6.45, 7) is 8.29. The van der Waals surface area contributed by atoms with Crippen molar-refractivity contribution in [2.45, 2.75) is 33.1 Å². The highest BCUT2D eigenvalue weighted by molar-refractivity contribution is 5.99. The van der Waals surface area contributed by atoms with Crippen molar-refractivity contribution in [3.05, 3.63) is 65.2 Å². The van der Waals surface area contributed by atoms with Crippen LogP contribution in [0.3, 0.4) is 0 Å². The van der Waals surface area contributed by atoms with E-state index in [0.29, 0.717) is 5.56 Å². The lowest BCUT2D eigenvalue weighted by atomic mass is 9.87. The molecule has 4 heteroatoms. The Hall–Kier alpha value is -2.62. The van der Waals surface area contributed by atoms with Crippen LogP contribution in [0, 0.1) is 6.92 Å². The van der Waals surface area contributed by atoms with Crippen molar-refractivity contribution in [1.82, 2.24) is 5.32 Å². The maximum Gasteiger partial charge on any atom is 0.251 e. The van der Waals surface area contributed by atoms with Gasteiger partial charge >= 0.3 is 0 Å². The third kappa shape index (κ3) is 4.95. The smallest absolute Gasteiger partial charge is 0.251 e. The molecule has 2 aromatic carbocycles. The number of amides is 2. The summed E-state index contributed by atoms with van der Waals surface area (Å²) in [6, 6.07) is 15.0. The fraction of sp³-hybridized carbons (Fsp3) is 0.300. The summed E-state index contributed by atoms with van der Waals surface area (Å²) in [7, 11) is 0. The Morgan fingerprint density at radius 3 is 2.04 bits per heavy atom. The Balaban J connectivity index is 1.88. The summed E-state index contributed by atoms with van der Waals surface area (Å²) in [5.41, 5.74) is 3.60. The van der Waals surface area contributed by atoms with Gasteiger partial charge in [0, 0.05) is 11.3 Å². The third-order valence-corrected chi connectivity index (χ3v) is 3.76. The van der Waals surface area contributed by atoms with Crippen molar-refractivity contribution in [3.63, 3.8) is 0 Å². The SMILES string of the molecule is Cc1ccc(NC(=O)CNC(=O)c2ccc(C(C)(C)C)cc2)cc1. The molecule has 0 saturated heterocycles. The molecule has 0 unspecified atom stereocenters. The lowest BCUT2D eigenvalue weighted by Crippen LogP contribution is -2.32. The molecule has 2 rings (SSSR count). The minimum absolute atomic E-state index is 0.0446. The van der Waals surface area contributed by atoms with E-state index in [-0.39, 0.29) is 23.8 Å². The molecule has 0 atom stereocenters. The standard InChI is InChI=1S/C20H24N2O2/c1-14-5-11-17(12-6-14)22-18(23)13-21-19(24)15-7-9-16(10-8-15)20(2,3)4/h5-12H,13H2,1-4H3,(H,21,24)(H,22,23). The molecule has 126 valence electrons. The monoisotopic (exact) mass is 324 g/mol. The highest BCUT2D eigenvalue weighted by atomic mass is 16.2. The first kappa shape index (κ1) is 17.7. The average molecular weight is 324 g/mol. The molecule has 0 fully saturated rings. The predicted molar refractivity (Wildman–Crippen MR) is 97.3 cm³/mol. The molecule has 0 aliphatic heterocycles. The summed E-state index contributed by atoms with van der Waals surface area (Å²) in [5.74, 6) is -0.506. The minimum Gasteiger partial charge on any atom is -0.343 e. The Kier molecular flexibility index (Phi) is 5.39. The molecule has 4 nitrogen and oxygen atoms in total. The molecule has 2 N–H and O–H groups in total. The van der Waals surface area contributed by atoms with Gasteiger partial charge in [0.1, 0.15) is 0 Å². The molecule has 2 amide bonds. The third-order valence-electron chi connectivity index (χ3n) is 3.76. The van der Waals surface area contributed by atoms with E-state index in [1.807, 2.05) is 43.3 Å². The van der Waals surface area contributed by atoms with Gasteiger partial charge < -0.3 is 10.6 Å². The number of carbonyl (C=O) groups excluding carboxylic acids is 2. The molecular formula is C20H24N2O2. The molecular weight excluding hydrogens is 300 g/mol. The fourth-order valence-electron chi connectivity index (χ4n) is 2.23. The molecule has 0 spiro atoms. The van der Waals surface area contributed by atoms with E-state index in [0.717, 1.165) is 16.8 Å². The van der Waals surface area contributed by atoms with Crippen LogP contribution in [-0.2, 0) is 10.2 Å². The van der Waals surface area contributed by atoms with E-state index in [2.05, 4.69) is 31.4 Å². The van der Waals surface area contributed by atoms with Gasteiger partial charge in [-0.05, 0) is 42.2 Å². The molecule has 0 radical (unpaired) electrons. The lowest BCUT2D eigenvalue weighted by molar-refractivity contribution is -0.115. The van der Waals surface area contributed by atoms with Crippen LogP contribution in [0.1, 0.15) is 42.3 Å². The maximum absolute atomic E-state index is 12.1. The van der Waals surface area contributed by atoms with Crippen molar-refractivity contribution in [1.29, 1.82) is 0 Å². The van der Waals surface area contributed by atoms with Crippen LogP contribution in [0.5, 0.6) is 0 Å². The zero-order valence-electron chi connectivity index (χ0n) is 14.6. The van der Waals surface area contributed by atoms with Gasteiger partial charge in [0.2, 0.25) is 5.91 Å². The summed E-state index contributed by atoms with van der Waals surface area (Å²) in [4.78, 5) is 24.0. The topological polar surface area (TPSA) is 58.2 Å². The average Bonchev–Trinajstić information content (AvgIpc) is 2.54. The first-order valence-corrected chi connectivity index (χ1v) is 8.01. The van der Waals surface area contributed by atoms with Crippen molar-refractivity contribution >= 4 is 17.5 Å². The zero-order valence-corrected chi connectivity index (χ0v) is 14.6. The molecule has 0 aliphatic carbocycles. The van der Waals surface area contributed by atoms with Gasteiger partial charge in [-0.3, -0.25) is 9.59 Å². The highest BCUT2D eigenvalue weighted by Crippen LogP contribution is 2.22. The van der Waals surface area contributed by atoms with E-state index in [9.17, 15) is 9.59 Å². The van der Waals surface area contributed by atoms with Gasteiger partial charge in [-0.2, -0.15) is 0 Å². The molecule has 0 saturated carbocycles. The summed E-state index contributed by atoms with van der Waals surface area (Å²) < 4.78 is 0. The van der Waals surface area contributed by atoms with E-state index in [1.165, 1.54) is 0 Å². The molecule has 0 aromatic heterocycles. The number of benzene rings is 2. The number of hydrogen-bond acceptors (Lipinski definition) is 2. The Morgan fingerprint density at radius 2 is 1.50 bits per heavy atom. The largest absolute Gasteiger partial charge is 0.343 e. The zero-order chi connectivity index (χ0) is 17.7. The molecule has 2 aromatic rings. The molecule has 24 heavy (non-hydrogen) atoms. The first-order chi connectivity index (χ1) is 11.3. The number of anilines is 1. The quantitative estimate of drug-likeness (QED) is 0.901. The predicted octanol–water partition coefficient (Wildman–Crippen LogP) is 3.66. The lowest BCUT2D eigenvalue weighted by Gasteiger charge is -2.19. The van der Waals surface area contributed by atoms with E-state index in [4.69, 9.17) is 0 Å². The van der Waals surface area contributed by atoms with Gasteiger partial charge in [-0.25, -0.2) is 0 Å². The van der Waals surface area contributed by atoms with Crippen LogP contribution in [-0.4, -0.2) is 18.4 Å². The second-order valence-electron chi connectivity index (χ2n) is 6.92. The van der Waals surface area contributed by atoms with Crippen LogP contribution < -0.4 is 10.6 Å². The second kappa shape index (κ2) is 7.30. The summed E-state index contributed by atoms with van der Waals surface area (Å²) in [6.07, 6.45) is 0. The van der Waals surface area contributed by atoms with E-state index < -0.39 is 0 Å². The number of hydrogen-bond donors (Lipinski definition) is 2. The Bertz CT molecular complexity index is 711. The van der Waals surface area contributed by atoms with Crippen LogP contribution in [0.4, 0.5) is 5.69 Å². The van der Waals surface area contributed by atoms with Crippen LogP contribution in [0.2, 0.25) is 0 Å². The number of nitrogens with one attached hydrogen (secondary N) is 2. The van der Waals surface area contributed by atoms with E-state index in [1.54, 1.807) is 12.1 Å². The summed E-state index contributed by atoms with van der Waals surface area (Å²) >= 11 is 0. The van der Waals surface area contributed by atoms with E-state index >= 15 is 0 Å². The second-order valence-corrected chi connectivity index (χ2v) is 6.92. The van der Waals surface area contributed by atoms with Crippen LogP contribution >= 0.6 is 0 Å². The molecule has 0 heterocycles. The van der Waals surface area contributed by atoms with Crippen molar-refractivity contribution in [2.24, 2.45) is 0 Å².